The van der Waals surface area contributed by atoms with E-state index in [1.54, 1.807) is 0 Å². The van der Waals surface area contributed by atoms with Gasteiger partial charge in [-0.05, 0) is 24.3 Å². The van der Waals surface area contributed by atoms with Crippen LogP contribution in [0.15, 0.2) is 34.1 Å². The normalized spacial score (nSPS) is 11.9. The van der Waals surface area contributed by atoms with Crippen molar-refractivity contribution in [2.45, 2.75) is 9.79 Å². The smallest absolute Gasteiger partial charge is 0.301 e. The van der Waals surface area contributed by atoms with Crippen molar-refractivity contribution in [3.63, 3.8) is 0 Å². The minimum Gasteiger partial charge on any atom is -0.506 e. The molecule has 0 aliphatic rings. The Morgan fingerprint density at radius 3 is 1.32 bits per heavy atom. The zero-order chi connectivity index (χ0) is 21.4. The average Bonchev–Trinajstić information content (AvgIpc) is 2.58. The maximum atomic E-state index is 12.7. The summed E-state index contributed by atoms with van der Waals surface area (Å²) >= 11 is 0. The van der Waals surface area contributed by atoms with E-state index < -0.39 is 69.9 Å². The fourth-order valence-electron chi connectivity index (χ4n) is 2.44. The number of hydrogen-bond donors (Lipinski definition) is 4. The molecule has 0 heterocycles. The molecule has 2 aromatic rings. The lowest BCUT2D eigenvalue weighted by atomic mass is 10.0. The molecule has 0 aliphatic carbocycles. The van der Waals surface area contributed by atoms with Crippen molar-refractivity contribution < 1.29 is 50.4 Å². The number of carbonyl (C=O) groups excluding carboxylic acids is 1. The molecule has 0 aliphatic heterocycles. The van der Waals surface area contributed by atoms with Gasteiger partial charge in [-0.3, -0.25) is 13.9 Å². The highest BCUT2D eigenvalue weighted by Crippen LogP contribution is 2.40. The highest BCUT2D eigenvalue weighted by Gasteiger charge is 2.31. The summed E-state index contributed by atoms with van der Waals surface area (Å²) in [6, 6.07) is 3.78. The van der Waals surface area contributed by atoms with Crippen LogP contribution in [0.5, 0.6) is 23.0 Å². The number of ether oxygens (including phenoxy) is 2. The molecule has 2 aromatic carbocycles. The molecule has 0 spiro atoms. The summed E-state index contributed by atoms with van der Waals surface area (Å²) in [5, 5.41) is 20.3. The minimum absolute atomic E-state index is 0.464. The summed E-state index contributed by atoms with van der Waals surface area (Å²) in [6.45, 7) is 0. The summed E-state index contributed by atoms with van der Waals surface area (Å²) in [5.41, 5.74) is -1.40. The average molecular weight is 434 g/mol. The van der Waals surface area contributed by atoms with Crippen LogP contribution in [0, 0.1) is 0 Å². The molecule has 0 saturated carbocycles. The number of carbonyl (C=O) groups is 1. The van der Waals surface area contributed by atoms with Gasteiger partial charge in [0.2, 0.25) is 5.78 Å². The third-order valence-electron chi connectivity index (χ3n) is 3.64. The fraction of sp³-hybridized carbons (Fsp3) is 0.133. The first kappa shape index (κ1) is 21.4. The maximum Gasteiger partial charge on any atom is 0.301 e. The van der Waals surface area contributed by atoms with Gasteiger partial charge in [0.05, 0.1) is 25.3 Å². The largest absolute Gasteiger partial charge is 0.506 e. The fourth-order valence-corrected chi connectivity index (χ4v) is 3.96. The number of phenols is 2. The van der Waals surface area contributed by atoms with Gasteiger partial charge in [-0.15, -0.1) is 0 Å². The quantitative estimate of drug-likeness (QED) is 0.373. The molecule has 2 rings (SSSR count). The second-order valence-corrected chi connectivity index (χ2v) is 7.98. The highest BCUT2D eigenvalue weighted by atomic mass is 32.2. The van der Waals surface area contributed by atoms with E-state index in [-0.39, 0.29) is 0 Å². The Balaban J connectivity index is 2.79. The van der Waals surface area contributed by atoms with E-state index in [2.05, 4.69) is 0 Å². The zero-order valence-electron chi connectivity index (χ0n) is 14.3. The van der Waals surface area contributed by atoms with Gasteiger partial charge in [0.25, 0.3) is 0 Å². The van der Waals surface area contributed by atoms with Gasteiger partial charge < -0.3 is 19.7 Å². The topological polar surface area (TPSA) is 185 Å². The van der Waals surface area contributed by atoms with Crippen LogP contribution in [0.2, 0.25) is 0 Å². The maximum absolute atomic E-state index is 12.7. The van der Waals surface area contributed by atoms with Crippen LogP contribution >= 0.6 is 0 Å². The monoisotopic (exact) mass is 434 g/mol. The molecule has 0 aromatic heterocycles. The molecular formula is C15H14O11S2. The molecule has 0 atom stereocenters. The summed E-state index contributed by atoms with van der Waals surface area (Å²) < 4.78 is 74.0. The number of methoxy groups -OCH3 is 2. The van der Waals surface area contributed by atoms with Crippen LogP contribution < -0.4 is 9.47 Å². The number of rotatable bonds is 6. The van der Waals surface area contributed by atoms with Crippen molar-refractivity contribution in [2.75, 3.05) is 14.2 Å². The van der Waals surface area contributed by atoms with E-state index in [4.69, 9.17) is 9.47 Å². The van der Waals surface area contributed by atoms with Crippen LogP contribution in [0.3, 0.4) is 0 Å². The molecule has 13 heteroatoms. The summed E-state index contributed by atoms with van der Waals surface area (Å²) in [5.74, 6) is -4.51. The first-order chi connectivity index (χ1) is 12.8. The number of aromatic hydroxyl groups is 2. The molecule has 4 N–H and O–H groups in total. The van der Waals surface area contributed by atoms with Gasteiger partial charge in [0.1, 0.15) is 11.5 Å². The molecule has 0 amide bonds. The summed E-state index contributed by atoms with van der Waals surface area (Å²) in [7, 11) is -7.92. The van der Waals surface area contributed by atoms with E-state index in [1.807, 2.05) is 0 Å². The predicted octanol–water partition coefficient (Wildman–Crippen LogP) is 0.839. The molecule has 152 valence electrons. The zero-order valence-corrected chi connectivity index (χ0v) is 15.9. The van der Waals surface area contributed by atoms with Gasteiger partial charge >= 0.3 is 20.2 Å². The molecule has 11 nitrogen and oxygen atoms in total. The van der Waals surface area contributed by atoms with Crippen molar-refractivity contribution in [3.05, 3.63) is 35.4 Å². The second kappa shape index (κ2) is 7.27. The lowest BCUT2D eigenvalue weighted by Crippen LogP contribution is -2.10. The molecule has 0 radical (unpaired) electrons. The molecule has 0 saturated heterocycles. The third kappa shape index (κ3) is 3.73. The number of benzene rings is 2. The van der Waals surface area contributed by atoms with Crippen LogP contribution in [-0.2, 0) is 20.2 Å². The van der Waals surface area contributed by atoms with Crippen molar-refractivity contribution in [1.29, 1.82) is 0 Å². The van der Waals surface area contributed by atoms with E-state index in [0.717, 1.165) is 38.5 Å². The van der Waals surface area contributed by atoms with E-state index in [1.165, 1.54) is 0 Å². The Morgan fingerprint density at radius 1 is 0.750 bits per heavy atom. The van der Waals surface area contributed by atoms with Crippen molar-refractivity contribution in [2.24, 2.45) is 0 Å². The lowest BCUT2D eigenvalue weighted by molar-refractivity contribution is 0.103. The van der Waals surface area contributed by atoms with Crippen molar-refractivity contribution >= 4 is 26.0 Å². The van der Waals surface area contributed by atoms with Crippen LogP contribution in [0.4, 0.5) is 0 Å². The van der Waals surface area contributed by atoms with E-state index in [9.17, 15) is 40.9 Å². The first-order valence-electron chi connectivity index (χ1n) is 7.14. The standard InChI is InChI=1S/C15H14O11S2/c1-25-9-5-3-7(12(17)14(9)27(19,20)21)11(16)8-4-6-10(26-2)15(13(8)18)28(22,23)24/h3-6,17-18H,1-2H3,(H,19,20,21)(H,22,23,24). The van der Waals surface area contributed by atoms with Gasteiger partial charge in [-0.1, -0.05) is 0 Å². The lowest BCUT2D eigenvalue weighted by Gasteiger charge is -2.14. The highest BCUT2D eigenvalue weighted by molar-refractivity contribution is 7.86. The molecular weight excluding hydrogens is 420 g/mol. The van der Waals surface area contributed by atoms with Crippen molar-refractivity contribution in [3.8, 4) is 23.0 Å². The Morgan fingerprint density at radius 2 is 1.07 bits per heavy atom. The van der Waals surface area contributed by atoms with Gasteiger partial charge in [-0.2, -0.15) is 16.8 Å². The Hall–Kier alpha value is -2.87. The van der Waals surface area contributed by atoms with Gasteiger partial charge in [-0.25, -0.2) is 0 Å². The SMILES string of the molecule is COc1ccc(C(=O)c2ccc(OC)c(S(=O)(=O)O)c2O)c(O)c1S(=O)(=O)O. The van der Waals surface area contributed by atoms with E-state index >= 15 is 0 Å². The molecule has 28 heavy (non-hydrogen) atoms. The molecule has 0 unspecified atom stereocenters. The Bertz CT molecular complexity index is 1070. The third-order valence-corrected chi connectivity index (χ3v) is 5.46. The number of hydrogen-bond acceptors (Lipinski definition) is 9. The number of ketones is 1. The minimum atomic E-state index is -5.01. The van der Waals surface area contributed by atoms with Gasteiger partial charge in [0, 0.05) is 0 Å². The second-order valence-electron chi connectivity index (χ2n) is 5.27. The number of phenolic OH excluding ortho intramolecular Hbond substituents is 2. The van der Waals surface area contributed by atoms with E-state index in [0.29, 0.717) is 0 Å². The summed E-state index contributed by atoms with van der Waals surface area (Å²) in [6.07, 6.45) is 0. The summed E-state index contributed by atoms with van der Waals surface area (Å²) in [4.78, 5) is 10.5. The molecule has 0 bridgehead atoms. The van der Waals surface area contributed by atoms with Crippen LogP contribution in [0.25, 0.3) is 0 Å². The predicted molar refractivity (Wildman–Crippen MR) is 92.4 cm³/mol. The van der Waals surface area contributed by atoms with Crippen LogP contribution in [0.1, 0.15) is 15.9 Å². The van der Waals surface area contributed by atoms with Crippen LogP contribution in [-0.4, -0.2) is 56.2 Å². The van der Waals surface area contributed by atoms with Gasteiger partial charge in [0.15, 0.2) is 21.3 Å². The van der Waals surface area contributed by atoms with Crippen molar-refractivity contribution in [1.82, 2.24) is 0 Å². The molecule has 0 fully saturated rings. The Labute approximate surface area is 159 Å². The first-order valence-corrected chi connectivity index (χ1v) is 10.0. The Kier molecular flexibility index (Phi) is 5.57.